The molecule has 184 valence electrons. The molecule has 0 unspecified atom stereocenters. The molecular formula is C26H21NO9. The first-order valence-corrected chi connectivity index (χ1v) is 11.3. The normalized spacial score (nSPS) is 26.5. The quantitative estimate of drug-likeness (QED) is 0.393. The van der Waals surface area contributed by atoms with Crippen molar-refractivity contribution in [3.63, 3.8) is 0 Å². The third-order valence-corrected chi connectivity index (χ3v) is 7.63. The molecule has 10 heteroatoms. The summed E-state index contributed by atoms with van der Waals surface area (Å²) in [7, 11) is 0. The topological polar surface area (TPSA) is 177 Å². The molecule has 2 aromatic rings. The number of hydrogen-bond donors (Lipinski definition) is 5. The molecule has 1 amide bonds. The largest absolute Gasteiger partial charge is 0.511 e. The summed E-state index contributed by atoms with van der Waals surface area (Å²) in [5.41, 5.74) is 3.55. The van der Waals surface area contributed by atoms with Gasteiger partial charge in [-0.05, 0) is 53.6 Å². The summed E-state index contributed by atoms with van der Waals surface area (Å²) in [6.07, 6.45) is 0.0101. The lowest BCUT2D eigenvalue weighted by atomic mass is 9.60. The minimum atomic E-state index is -2.58. The first-order chi connectivity index (χ1) is 17.1. The van der Waals surface area contributed by atoms with Gasteiger partial charge in [-0.25, -0.2) is 0 Å². The fourth-order valence-electron chi connectivity index (χ4n) is 5.95. The molecule has 10 nitrogen and oxygen atoms in total. The molecule has 3 aliphatic carbocycles. The van der Waals surface area contributed by atoms with Gasteiger partial charge in [-0.2, -0.15) is 0 Å². The minimum absolute atomic E-state index is 0.0400. The van der Waals surface area contributed by atoms with Crippen molar-refractivity contribution in [2.24, 2.45) is 17.6 Å². The number of Topliss-reactive ketones (excluding diaryl/α,β-unsaturated/α-hetero) is 2. The van der Waals surface area contributed by atoms with E-state index in [2.05, 4.69) is 0 Å². The third kappa shape index (κ3) is 2.78. The van der Waals surface area contributed by atoms with E-state index < -0.39 is 52.0 Å². The lowest BCUT2D eigenvalue weighted by molar-refractivity contribution is -0.144. The highest BCUT2D eigenvalue weighted by atomic mass is 16.7. The van der Waals surface area contributed by atoms with Gasteiger partial charge in [0.1, 0.15) is 22.8 Å². The second kappa shape index (κ2) is 7.34. The Morgan fingerprint density at radius 2 is 1.78 bits per heavy atom. The molecule has 4 aliphatic rings. The van der Waals surface area contributed by atoms with E-state index >= 15 is 0 Å². The van der Waals surface area contributed by atoms with Crippen LogP contribution in [0.5, 0.6) is 17.2 Å². The SMILES string of the molecule is NC(=O)C1=C(O)C[C@@H]2C[C@@H]3Cc4c(-c5ccc6c(c5)OCO6)ccc(O)c4C(=O)C3=C(O)[C@]2(O)C1=O. The number of allylic oxidation sites excluding steroid dienone is 2. The van der Waals surface area contributed by atoms with Gasteiger partial charge in [0.15, 0.2) is 22.9 Å². The van der Waals surface area contributed by atoms with E-state index in [0.717, 1.165) is 5.56 Å². The molecule has 0 fully saturated rings. The zero-order valence-electron chi connectivity index (χ0n) is 18.8. The van der Waals surface area contributed by atoms with Crippen molar-refractivity contribution in [3.05, 3.63) is 64.1 Å². The number of phenolic OH excluding ortho intramolecular Hbond substituents is 1. The van der Waals surface area contributed by atoms with Crippen LogP contribution in [0.25, 0.3) is 11.1 Å². The summed E-state index contributed by atoms with van der Waals surface area (Å²) >= 11 is 0. The zero-order chi connectivity index (χ0) is 25.5. The van der Waals surface area contributed by atoms with Crippen molar-refractivity contribution < 1.29 is 44.3 Å². The fourth-order valence-corrected chi connectivity index (χ4v) is 5.95. The Hall–Kier alpha value is -4.31. The van der Waals surface area contributed by atoms with Gasteiger partial charge in [0.2, 0.25) is 12.6 Å². The van der Waals surface area contributed by atoms with Gasteiger partial charge in [-0.15, -0.1) is 0 Å². The number of carbonyl (C=O) groups is 3. The van der Waals surface area contributed by atoms with E-state index in [4.69, 9.17) is 15.2 Å². The van der Waals surface area contributed by atoms with Gasteiger partial charge in [-0.1, -0.05) is 12.1 Å². The molecule has 0 spiro atoms. The Bertz CT molecular complexity index is 1470. The summed E-state index contributed by atoms with van der Waals surface area (Å²) in [6.45, 7) is 0.0994. The number of amides is 1. The predicted molar refractivity (Wildman–Crippen MR) is 122 cm³/mol. The predicted octanol–water partition coefficient (Wildman–Crippen LogP) is 1.98. The first-order valence-electron chi connectivity index (χ1n) is 11.3. The van der Waals surface area contributed by atoms with Crippen molar-refractivity contribution in [3.8, 4) is 28.4 Å². The van der Waals surface area contributed by atoms with Crippen LogP contribution in [0, 0.1) is 11.8 Å². The van der Waals surface area contributed by atoms with Gasteiger partial charge in [0.05, 0.1) is 5.56 Å². The average molecular weight is 491 g/mol. The molecule has 6 N–H and O–H groups in total. The summed E-state index contributed by atoms with van der Waals surface area (Å²) < 4.78 is 10.8. The van der Waals surface area contributed by atoms with Crippen molar-refractivity contribution >= 4 is 17.5 Å². The number of fused-ring (bicyclic) bond motifs is 4. The van der Waals surface area contributed by atoms with Crippen molar-refractivity contribution in [2.45, 2.75) is 24.9 Å². The van der Waals surface area contributed by atoms with Gasteiger partial charge < -0.3 is 35.6 Å². The maximum Gasteiger partial charge on any atom is 0.255 e. The summed E-state index contributed by atoms with van der Waals surface area (Å²) in [6, 6.07) is 8.38. The number of ketones is 2. The van der Waals surface area contributed by atoms with Crippen LogP contribution < -0.4 is 15.2 Å². The maximum absolute atomic E-state index is 13.7. The van der Waals surface area contributed by atoms with Gasteiger partial charge in [0, 0.05) is 17.9 Å². The van der Waals surface area contributed by atoms with E-state index in [9.17, 15) is 34.8 Å². The number of aliphatic hydroxyl groups is 3. The number of aromatic hydroxyl groups is 1. The molecule has 0 bridgehead atoms. The lowest BCUT2D eigenvalue weighted by Gasteiger charge is -2.45. The Kier molecular flexibility index (Phi) is 4.52. The van der Waals surface area contributed by atoms with Crippen LogP contribution in [-0.4, -0.2) is 50.3 Å². The van der Waals surface area contributed by atoms with Gasteiger partial charge in [-0.3, -0.25) is 14.4 Å². The Morgan fingerprint density at radius 1 is 1.03 bits per heavy atom. The number of benzene rings is 2. The van der Waals surface area contributed by atoms with E-state index in [-0.39, 0.29) is 42.9 Å². The number of carbonyl (C=O) groups excluding carboxylic acids is 3. The van der Waals surface area contributed by atoms with Crippen LogP contribution >= 0.6 is 0 Å². The fraction of sp³-hybridized carbons (Fsp3) is 0.269. The summed E-state index contributed by atoms with van der Waals surface area (Å²) in [5.74, 6) is -5.40. The smallest absolute Gasteiger partial charge is 0.255 e. The Morgan fingerprint density at radius 3 is 2.53 bits per heavy atom. The molecule has 6 rings (SSSR count). The van der Waals surface area contributed by atoms with Crippen LogP contribution in [0.2, 0.25) is 0 Å². The van der Waals surface area contributed by atoms with E-state index in [1.54, 1.807) is 24.3 Å². The highest BCUT2D eigenvalue weighted by Crippen LogP contribution is 2.52. The van der Waals surface area contributed by atoms with Crippen molar-refractivity contribution in [1.82, 2.24) is 0 Å². The second-order valence-electron chi connectivity index (χ2n) is 9.46. The number of hydrogen-bond acceptors (Lipinski definition) is 9. The number of rotatable bonds is 2. The lowest BCUT2D eigenvalue weighted by Crippen LogP contribution is -2.57. The minimum Gasteiger partial charge on any atom is -0.511 e. The molecule has 1 heterocycles. The number of primary amides is 1. The first kappa shape index (κ1) is 22.2. The molecule has 0 aromatic heterocycles. The van der Waals surface area contributed by atoms with Crippen molar-refractivity contribution in [2.75, 3.05) is 6.79 Å². The van der Waals surface area contributed by atoms with E-state index in [0.29, 0.717) is 22.6 Å². The molecule has 36 heavy (non-hydrogen) atoms. The van der Waals surface area contributed by atoms with Crippen LogP contribution in [0.4, 0.5) is 0 Å². The van der Waals surface area contributed by atoms with E-state index in [1.165, 1.54) is 6.07 Å². The molecule has 3 atom stereocenters. The van der Waals surface area contributed by atoms with Crippen LogP contribution in [0.1, 0.15) is 28.8 Å². The zero-order valence-corrected chi connectivity index (χ0v) is 18.8. The Balaban J connectivity index is 1.50. The molecule has 0 radical (unpaired) electrons. The third-order valence-electron chi connectivity index (χ3n) is 7.63. The highest BCUT2D eigenvalue weighted by molar-refractivity contribution is 6.24. The summed E-state index contributed by atoms with van der Waals surface area (Å²) in [4.78, 5) is 38.4. The van der Waals surface area contributed by atoms with Crippen LogP contribution in [0.15, 0.2) is 53.0 Å². The molecule has 2 aromatic carbocycles. The number of nitrogens with two attached hydrogens (primary N) is 1. The van der Waals surface area contributed by atoms with Crippen molar-refractivity contribution in [1.29, 1.82) is 0 Å². The molecular weight excluding hydrogens is 470 g/mol. The molecule has 0 saturated carbocycles. The molecule has 0 saturated heterocycles. The number of ether oxygens (including phenoxy) is 2. The van der Waals surface area contributed by atoms with Crippen LogP contribution in [0.3, 0.4) is 0 Å². The summed E-state index contributed by atoms with van der Waals surface area (Å²) in [5, 5.41) is 43.3. The average Bonchev–Trinajstić information content (AvgIpc) is 3.29. The Labute approximate surface area is 203 Å². The number of phenols is 1. The second-order valence-corrected chi connectivity index (χ2v) is 9.46. The maximum atomic E-state index is 13.7. The van der Waals surface area contributed by atoms with Gasteiger partial charge >= 0.3 is 0 Å². The standard InChI is InChI=1S/C26H21NO9/c27-25(33)21-16(29)8-12-5-11-6-14-13(10-1-4-17-18(7-10)36-9-35-17)2-3-15(28)20(14)22(30)19(11)23(31)26(12,34)24(21)32/h1-4,7,11-12,28-29,31,34H,5-6,8-9H2,(H2,27,33)/t11-,12+,26+/m1/s1. The van der Waals surface area contributed by atoms with Gasteiger partial charge in [0.25, 0.3) is 5.91 Å². The highest BCUT2D eigenvalue weighted by Gasteiger charge is 2.59. The number of aliphatic hydroxyl groups excluding tert-OH is 2. The van der Waals surface area contributed by atoms with E-state index in [1.807, 2.05) is 0 Å². The monoisotopic (exact) mass is 491 g/mol. The van der Waals surface area contributed by atoms with Crippen LogP contribution in [-0.2, 0) is 16.0 Å². The molecule has 1 aliphatic heterocycles.